The van der Waals surface area contributed by atoms with Gasteiger partial charge in [0, 0.05) is 12.6 Å². The normalized spacial score (nSPS) is 12.4. The number of nitrogens with one attached hydrogen (secondary N) is 1. The first-order chi connectivity index (χ1) is 9.60. The lowest BCUT2D eigenvalue weighted by Gasteiger charge is -2.18. The van der Waals surface area contributed by atoms with E-state index in [0.29, 0.717) is 16.6 Å². The quantitative estimate of drug-likeness (QED) is 0.782. The lowest BCUT2D eigenvalue weighted by molar-refractivity contribution is 0.518. The molecule has 4 heteroatoms. The number of halogens is 3. The molecule has 0 saturated heterocycles. The number of hydrogen-bond donors (Lipinski definition) is 1. The van der Waals surface area contributed by atoms with Crippen LogP contribution in [0.25, 0.3) is 0 Å². The Kier molecular flexibility index (Phi) is 5.41. The molecule has 0 spiro atoms. The van der Waals surface area contributed by atoms with Crippen molar-refractivity contribution in [2.75, 3.05) is 0 Å². The third-order valence-corrected chi connectivity index (χ3v) is 3.96. The van der Waals surface area contributed by atoms with Gasteiger partial charge in [0.1, 0.15) is 5.82 Å². The van der Waals surface area contributed by atoms with Gasteiger partial charge in [-0.2, -0.15) is 0 Å². The Labute approximate surface area is 128 Å². The molecule has 0 aliphatic heterocycles. The van der Waals surface area contributed by atoms with Gasteiger partial charge in [0.25, 0.3) is 0 Å². The molecule has 0 aliphatic carbocycles. The minimum atomic E-state index is -0.217. The van der Waals surface area contributed by atoms with Crippen molar-refractivity contribution in [2.24, 2.45) is 0 Å². The Hall–Kier alpha value is -1.09. The number of hydrogen-bond acceptors (Lipinski definition) is 1. The van der Waals surface area contributed by atoms with Crippen molar-refractivity contribution in [3.63, 3.8) is 0 Å². The van der Waals surface area contributed by atoms with Crippen LogP contribution >= 0.6 is 23.2 Å². The molecule has 1 nitrogen and oxygen atoms in total. The van der Waals surface area contributed by atoms with Crippen molar-refractivity contribution in [3.8, 4) is 0 Å². The van der Waals surface area contributed by atoms with Crippen LogP contribution in [0.2, 0.25) is 10.0 Å². The van der Waals surface area contributed by atoms with Crippen molar-refractivity contribution >= 4 is 23.2 Å². The fraction of sp³-hybridized carbons (Fsp3) is 0.250. The smallest absolute Gasteiger partial charge is 0.123 e. The molecular weight excluding hydrogens is 296 g/mol. The maximum atomic E-state index is 12.9. The summed E-state index contributed by atoms with van der Waals surface area (Å²) in [6.07, 6.45) is 0.930. The Morgan fingerprint density at radius 3 is 2.35 bits per heavy atom. The second-order valence-electron chi connectivity index (χ2n) is 4.64. The molecule has 106 valence electrons. The van der Waals surface area contributed by atoms with Crippen molar-refractivity contribution in [1.29, 1.82) is 0 Å². The maximum Gasteiger partial charge on any atom is 0.123 e. The molecule has 0 heterocycles. The molecular formula is C16H16Cl2FN. The monoisotopic (exact) mass is 311 g/mol. The highest BCUT2D eigenvalue weighted by atomic mass is 35.5. The van der Waals surface area contributed by atoms with Gasteiger partial charge in [-0.25, -0.2) is 4.39 Å². The van der Waals surface area contributed by atoms with Crippen LogP contribution in [-0.4, -0.2) is 0 Å². The zero-order chi connectivity index (χ0) is 14.5. The van der Waals surface area contributed by atoms with E-state index in [1.54, 1.807) is 18.2 Å². The zero-order valence-corrected chi connectivity index (χ0v) is 12.7. The molecule has 0 aliphatic rings. The van der Waals surface area contributed by atoms with Crippen molar-refractivity contribution in [1.82, 2.24) is 5.32 Å². The summed E-state index contributed by atoms with van der Waals surface area (Å²) in [7, 11) is 0. The van der Waals surface area contributed by atoms with Gasteiger partial charge in [0.05, 0.1) is 10.0 Å². The molecule has 0 saturated carbocycles. The van der Waals surface area contributed by atoms with Crippen LogP contribution in [-0.2, 0) is 6.54 Å². The SMILES string of the molecule is CCC(NCc1ccc(F)cc1)c1ccc(Cl)c(Cl)c1. The topological polar surface area (TPSA) is 12.0 Å². The molecule has 0 radical (unpaired) electrons. The van der Waals surface area contributed by atoms with E-state index in [1.165, 1.54) is 12.1 Å². The van der Waals surface area contributed by atoms with Gasteiger partial charge >= 0.3 is 0 Å². The van der Waals surface area contributed by atoms with Crippen molar-refractivity contribution in [3.05, 3.63) is 69.5 Å². The third kappa shape index (κ3) is 3.95. The first-order valence-electron chi connectivity index (χ1n) is 6.53. The van der Waals surface area contributed by atoms with Gasteiger partial charge in [0.15, 0.2) is 0 Å². The summed E-state index contributed by atoms with van der Waals surface area (Å²) in [5.74, 6) is -0.217. The zero-order valence-electron chi connectivity index (χ0n) is 11.2. The van der Waals surface area contributed by atoms with Gasteiger partial charge in [-0.1, -0.05) is 48.3 Å². The average molecular weight is 312 g/mol. The highest BCUT2D eigenvalue weighted by molar-refractivity contribution is 6.42. The molecule has 1 unspecified atom stereocenters. The van der Waals surface area contributed by atoms with Gasteiger partial charge in [-0.05, 0) is 41.8 Å². The Balaban J connectivity index is 2.05. The molecule has 0 amide bonds. The first-order valence-corrected chi connectivity index (χ1v) is 7.28. The minimum Gasteiger partial charge on any atom is -0.306 e. The number of benzene rings is 2. The van der Waals surface area contributed by atoms with Crippen LogP contribution in [0.5, 0.6) is 0 Å². The molecule has 2 aromatic carbocycles. The third-order valence-electron chi connectivity index (χ3n) is 3.22. The van der Waals surface area contributed by atoms with E-state index in [-0.39, 0.29) is 11.9 Å². The second-order valence-corrected chi connectivity index (χ2v) is 5.46. The van der Waals surface area contributed by atoms with E-state index < -0.39 is 0 Å². The van der Waals surface area contributed by atoms with Crippen LogP contribution in [0.3, 0.4) is 0 Å². The molecule has 1 atom stereocenters. The van der Waals surface area contributed by atoms with E-state index in [9.17, 15) is 4.39 Å². The molecule has 0 fully saturated rings. The van der Waals surface area contributed by atoms with Crippen LogP contribution in [0.15, 0.2) is 42.5 Å². The van der Waals surface area contributed by atoms with Crippen LogP contribution in [0.4, 0.5) is 4.39 Å². The van der Waals surface area contributed by atoms with E-state index in [1.807, 2.05) is 12.1 Å². The maximum absolute atomic E-state index is 12.9. The summed E-state index contributed by atoms with van der Waals surface area (Å²) in [4.78, 5) is 0. The summed E-state index contributed by atoms with van der Waals surface area (Å²) < 4.78 is 12.9. The first kappa shape index (κ1) is 15.3. The lowest BCUT2D eigenvalue weighted by atomic mass is 10.0. The second kappa shape index (κ2) is 7.07. The van der Waals surface area contributed by atoms with Crippen LogP contribution < -0.4 is 5.32 Å². The van der Waals surface area contributed by atoms with Gasteiger partial charge in [0.2, 0.25) is 0 Å². The van der Waals surface area contributed by atoms with Gasteiger partial charge < -0.3 is 5.32 Å². The summed E-state index contributed by atoms with van der Waals surface area (Å²) in [5.41, 5.74) is 2.15. The van der Waals surface area contributed by atoms with Gasteiger partial charge in [-0.3, -0.25) is 0 Å². The summed E-state index contributed by atoms with van der Waals surface area (Å²) in [6, 6.07) is 12.4. The van der Waals surface area contributed by atoms with E-state index in [2.05, 4.69) is 12.2 Å². The summed E-state index contributed by atoms with van der Waals surface area (Å²) in [5, 5.41) is 4.56. The fourth-order valence-corrected chi connectivity index (χ4v) is 2.38. The van der Waals surface area contributed by atoms with E-state index >= 15 is 0 Å². The van der Waals surface area contributed by atoms with Gasteiger partial charge in [-0.15, -0.1) is 0 Å². The predicted octanol–water partition coefficient (Wildman–Crippen LogP) is 5.37. The standard InChI is InChI=1S/C16H16Cl2FN/c1-2-16(12-5-8-14(17)15(18)9-12)20-10-11-3-6-13(19)7-4-11/h3-9,16,20H,2,10H2,1H3. The molecule has 2 aromatic rings. The molecule has 20 heavy (non-hydrogen) atoms. The van der Waals surface area contributed by atoms with E-state index in [4.69, 9.17) is 23.2 Å². The van der Waals surface area contributed by atoms with Crippen molar-refractivity contribution < 1.29 is 4.39 Å². The summed E-state index contributed by atoms with van der Waals surface area (Å²) in [6.45, 7) is 2.78. The molecule has 2 rings (SSSR count). The molecule has 0 aromatic heterocycles. The highest BCUT2D eigenvalue weighted by Gasteiger charge is 2.10. The van der Waals surface area contributed by atoms with Crippen LogP contribution in [0.1, 0.15) is 30.5 Å². The Bertz CT molecular complexity index is 569. The number of rotatable bonds is 5. The highest BCUT2D eigenvalue weighted by Crippen LogP contribution is 2.27. The van der Waals surface area contributed by atoms with Crippen LogP contribution in [0, 0.1) is 5.82 Å². The average Bonchev–Trinajstić information content (AvgIpc) is 2.45. The van der Waals surface area contributed by atoms with Crippen molar-refractivity contribution in [2.45, 2.75) is 25.9 Å². The molecule has 1 N–H and O–H groups in total. The lowest BCUT2D eigenvalue weighted by Crippen LogP contribution is -2.20. The minimum absolute atomic E-state index is 0.190. The van der Waals surface area contributed by atoms with E-state index in [0.717, 1.165) is 17.5 Å². The Morgan fingerprint density at radius 1 is 1.05 bits per heavy atom. The fourth-order valence-electron chi connectivity index (χ4n) is 2.07. The Morgan fingerprint density at radius 2 is 1.75 bits per heavy atom. The largest absolute Gasteiger partial charge is 0.306 e. The molecule has 0 bridgehead atoms. The predicted molar refractivity (Wildman–Crippen MR) is 82.7 cm³/mol. The summed E-state index contributed by atoms with van der Waals surface area (Å²) >= 11 is 12.0.